The standard InChI is InChI=1S/C22H35BFO/c1-22-10-9-17-16-5-3-14(13-24)11-15(16)4-6-18(17)19(22)7-8-20(22)21(25)12-23-2/h14-20H,3-13H2,1-2H3. The van der Waals surface area contributed by atoms with Crippen LogP contribution < -0.4 is 0 Å². The Hall–Kier alpha value is -0.335. The van der Waals surface area contributed by atoms with Gasteiger partial charge >= 0.3 is 0 Å². The fourth-order valence-electron chi connectivity index (χ4n) is 7.96. The largest absolute Gasteiger partial charge is 0.300 e. The fourth-order valence-corrected chi connectivity index (χ4v) is 7.96. The normalized spacial score (nSPS) is 49.0. The second kappa shape index (κ2) is 7.00. The lowest BCUT2D eigenvalue weighted by atomic mass is 9.49. The molecule has 0 aromatic carbocycles. The van der Waals surface area contributed by atoms with Gasteiger partial charge in [-0.1, -0.05) is 13.7 Å². The van der Waals surface area contributed by atoms with E-state index in [0.29, 0.717) is 23.9 Å². The second-order valence-electron chi connectivity index (χ2n) is 10.0. The lowest BCUT2D eigenvalue weighted by Crippen LogP contribution is -2.49. The van der Waals surface area contributed by atoms with Crippen LogP contribution in [0.25, 0.3) is 0 Å². The van der Waals surface area contributed by atoms with E-state index in [1.54, 1.807) is 0 Å². The first-order valence-corrected chi connectivity index (χ1v) is 10.9. The first-order valence-electron chi connectivity index (χ1n) is 10.9. The van der Waals surface area contributed by atoms with Crippen molar-refractivity contribution >= 4 is 13.1 Å². The Bertz CT molecular complexity index is 508. The maximum absolute atomic E-state index is 13.1. The van der Waals surface area contributed by atoms with Crippen molar-refractivity contribution in [2.75, 3.05) is 6.67 Å². The van der Waals surface area contributed by atoms with E-state index in [1.807, 2.05) is 14.1 Å². The fraction of sp³-hybridized carbons (Fsp3) is 0.955. The van der Waals surface area contributed by atoms with E-state index < -0.39 is 0 Å². The molecular formula is C22H35BFO. The molecule has 8 atom stereocenters. The van der Waals surface area contributed by atoms with Crippen LogP contribution in [0.15, 0.2) is 0 Å². The second-order valence-corrected chi connectivity index (χ2v) is 10.0. The highest BCUT2D eigenvalue weighted by molar-refractivity contribution is 6.39. The predicted molar refractivity (Wildman–Crippen MR) is 101 cm³/mol. The average Bonchev–Trinajstić information content (AvgIpc) is 2.98. The van der Waals surface area contributed by atoms with Crippen molar-refractivity contribution in [3.8, 4) is 0 Å². The molecule has 0 aromatic heterocycles. The monoisotopic (exact) mass is 345 g/mol. The summed E-state index contributed by atoms with van der Waals surface area (Å²) in [5, 5.41) is 0. The van der Waals surface area contributed by atoms with Gasteiger partial charge in [-0.3, -0.25) is 4.39 Å². The van der Waals surface area contributed by atoms with Crippen LogP contribution >= 0.6 is 0 Å². The molecule has 139 valence electrons. The Balaban J connectivity index is 1.50. The zero-order valence-electron chi connectivity index (χ0n) is 16.2. The lowest BCUT2D eigenvalue weighted by Gasteiger charge is -2.56. The highest BCUT2D eigenvalue weighted by atomic mass is 19.1. The van der Waals surface area contributed by atoms with E-state index in [2.05, 4.69) is 6.92 Å². The van der Waals surface area contributed by atoms with Crippen LogP contribution in [0.5, 0.6) is 0 Å². The van der Waals surface area contributed by atoms with E-state index in [1.165, 1.54) is 38.5 Å². The molecule has 0 aromatic rings. The first-order chi connectivity index (χ1) is 12.1. The molecule has 8 unspecified atom stereocenters. The minimum atomic E-state index is -0.101. The van der Waals surface area contributed by atoms with Crippen molar-refractivity contribution in [1.29, 1.82) is 0 Å². The van der Waals surface area contributed by atoms with E-state index in [-0.39, 0.29) is 12.1 Å². The van der Waals surface area contributed by atoms with Gasteiger partial charge in [0.05, 0.1) is 6.67 Å². The zero-order valence-corrected chi connectivity index (χ0v) is 16.2. The maximum atomic E-state index is 13.1. The SMILES string of the molecule is C[B]CC(=O)C1CCC2C3CCC4CC(CF)CCC4C3CCC12C. The molecule has 0 N–H and O–H groups in total. The van der Waals surface area contributed by atoms with Crippen molar-refractivity contribution < 1.29 is 9.18 Å². The Morgan fingerprint density at radius 2 is 1.84 bits per heavy atom. The van der Waals surface area contributed by atoms with Crippen LogP contribution in [0.2, 0.25) is 13.1 Å². The van der Waals surface area contributed by atoms with Gasteiger partial charge in [-0.15, -0.1) is 0 Å². The molecule has 4 rings (SSSR count). The van der Waals surface area contributed by atoms with Crippen molar-refractivity contribution in [3.63, 3.8) is 0 Å². The molecule has 4 aliphatic carbocycles. The van der Waals surface area contributed by atoms with Crippen LogP contribution in [0.3, 0.4) is 0 Å². The number of rotatable bonds is 4. The number of carbonyl (C=O) groups excluding carboxylic acids is 1. The summed E-state index contributed by atoms with van der Waals surface area (Å²) in [5.74, 6) is 5.34. The van der Waals surface area contributed by atoms with Gasteiger partial charge in [0.15, 0.2) is 0 Å². The molecule has 4 saturated carbocycles. The molecule has 4 aliphatic rings. The lowest BCUT2D eigenvalue weighted by molar-refractivity contribution is -0.128. The summed E-state index contributed by atoms with van der Waals surface area (Å²) in [6.45, 7) is 4.36. The summed E-state index contributed by atoms with van der Waals surface area (Å²) < 4.78 is 13.1. The van der Waals surface area contributed by atoms with Gasteiger partial charge in [0, 0.05) is 5.92 Å². The molecule has 1 radical (unpaired) electrons. The number of fused-ring (bicyclic) bond motifs is 5. The van der Waals surface area contributed by atoms with Crippen LogP contribution in [-0.2, 0) is 4.79 Å². The third-order valence-electron chi connectivity index (χ3n) is 9.08. The Morgan fingerprint density at radius 3 is 2.60 bits per heavy atom. The van der Waals surface area contributed by atoms with Crippen molar-refractivity contribution in [2.45, 2.75) is 77.9 Å². The topological polar surface area (TPSA) is 17.1 Å². The van der Waals surface area contributed by atoms with Crippen molar-refractivity contribution in [2.24, 2.45) is 46.8 Å². The molecule has 3 heteroatoms. The van der Waals surface area contributed by atoms with Crippen molar-refractivity contribution in [3.05, 3.63) is 0 Å². The highest BCUT2D eigenvalue weighted by Gasteiger charge is 2.58. The molecular weight excluding hydrogens is 310 g/mol. The van der Waals surface area contributed by atoms with Crippen LogP contribution in [-0.4, -0.2) is 19.7 Å². The summed E-state index contributed by atoms with van der Waals surface area (Å²) in [5.41, 5.74) is 0.268. The number of Topliss-reactive ketones (excluding diaryl/α,β-unsaturated/α-hetero) is 1. The van der Waals surface area contributed by atoms with Gasteiger partial charge in [0.25, 0.3) is 0 Å². The predicted octanol–water partition coefficient (Wildman–Crippen LogP) is 5.58. The van der Waals surface area contributed by atoms with E-state index in [0.717, 1.165) is 48.9 Å². The molecule has 0 aliphatic heterocycles. The number of halogens is 1. The summed E-state index contributed by atoms with van der Waals surface area (Å²) >= 11 is 0. The Kier molecular flexibility index (Phi) is 5.06. The zero-order chi connectivity index (χ0) is 17.6. The van der Waals surface area contributed by atoms with Gasteiger partial charge in [-0.2, -0.15) is 0 Å². The number of alkyl halides is 1. The van der Waals surface area contributed by atoms with Gasteiger partial charge in [-0.05, 0) is 105 Å². The Labute approximate surface area is 154 Å². The smallest absolute Gasteiger partial charge is 0.128 e. The van der Waals surface area contributed by atoms with Crippen LogP contribution in [0, 0.1) is 46.8 Å². The molecule has 0 bridgehead atoms. The minimum absolute atomic E-state index is 0.101. The summed E-state index contributed by atoms with van der Waals surface area (Å²) in [4.78, 5) is 12.7. The quantitative estimate of drug-likeness (QED) is 0.608. The summed E-state index contributed by atoms with van der Waals surface area (Å²) in [7, 11) is 2.04. The van der Waals surface area contributed by atoms with Crippen molar-refractivity contribution in [1.82, 2.24) is 0 Å². The highest BCUT2D eigenvalue weighted by Crippen LogP contribution is 2.64. The molecule has 0 amide bonds. The molecule has 1 nitrogen and oxygen atoms in total. The third kappa shape index (κ3) is 2.92. The van der Waals surface area contributed by atoms with E-state index in [9.17, 15) is 9.18 Å². The first kappa shape index (κ1) is 18.0. The van der Waals surface area contributed by atoms with Crippen LogP contribution in [0.1, 0.15) is 64.7 Å². The molecule has 0 spiro atoms. The molecule has 25 heavy (non-hydrogen) atoms. The minimum Gasteiger partial charge on any atom is -0.300 e. The number of hydrogen-bond acceptors (Lipinski definition) is 1. The summed E-state index contributed by atoms with van der Waals surface area (Å²) in [6, 6.07) is 0. The Morgan fingerprint density at radius 1 is 1.04 bits per heavy atom. The molecule has 4 fully saturated rings. The van der Waals surface area contributed by atoms with Gasteiger partial charge in [-0.25, -0.2) is 0 Å². The number of ketones is 1. The van der Waals surface area contributed by atoms with E-state index in [4.69, 9.17) is 0 Å². The van der Waals surface area contributed by atoms with Gasteiger partial charge in [0.1, 0.15) is 13.1 Å². The average molecular weight is 345 g/mol. The van der Waals surface area contributed by atoms with Gasteiger partial charge < -0.3 is 4.79 Å². The third-order valence-corrected chi connectivity index (χ3v) is 9.08. The molecule has 0 saturated heterocycles. The molecule has 0 heterocycles. The van der Waals surface area contributed by atoms with Crippen LogP contribution in [0.4, 0.5) is 4.39 Å². The van der Waals surface area contributed by atoms with Gasteiger partial charge in [0.2, 0.25) is 0 Å². The number of carbonyl (C=O) groups is 1. The maximum Gasteiger partial charge on any atom is 0.128 e. The number of hydrogen-bond donors (Lipinski definition) is 0. The summed E-state index contributed by atoms with van der Waals surface area (Å²) in [6.07, 6.45) is 11.9. The van der Waals surface area contributed by atoms with E-state index >= 15 is 0 Å².